The molecule has 0 unspecified atom stereocenters. The molecule has 0 heteroatoms. The lowest BCUT2D eigenvalue weighted by Gasteiger charge is -2.21. The first-order valence-electron chi connectivity index (χ1n) is 28.6. The van der Waals surface area contributed by atoms with E-state index in [1.165, 1.54) is 83.1 Å². The molecular formula is C71H148. The molecule has 0 aliphatic rings. The Bertz CT molecular complexity index is 1310. The molecule has 71 heavy (non-hydrogen) atoms. The molecule has 0 spiro atoms. The first-order chi connectivity index (χ1) is 30.7. The third-order valence-corrected chi connectivity index (χ3v) is 12.3. The SMILES string of the molecule is C/C=C(/C)C(C)(C)C.C/C=C(/C)C(C)(C)C.CC(C)=C(C)C(C)(C)C.CC(C)=C(C)C(C)(C)C.CC(C)=CC(C)(C)C.CC(C)=CC(C)(C)C.CCC(C)(C)CC.CCCC(C)(C)C.CCCC(C)(C)C. The molecule has 0 radical (unpaired) electrons. The summed E-state index contributed by atoms with van der Waals surface area (Å²) in [5.74, 6) is 0. The van der Waals surface area contributed by atoms with Crippen molar-refractivity contribution in [2.24, 2.45) is 48.7 Å². The zero-order valence-corrected chi connectivity index (χ0v) is 59.1. The van der Waals surface area contributed by atoms with E-state index in [1.54, 1.807) is 0 Å². The molecule has 432 valence electrons. The van der Waals surface area contributed by atoms with Gasteiger partial charge in [0.2, 0.25) is 0 Å². The summed E-state index contributed by atoms with van der Waals surface area (Å²) in [6.07, 6.45) is 16.8. The van der Waals surface area contributed by atoms with E-state index in [0.717, 1.165) is 0 Å². The molecule has 0 saturated heterocycles. The smallest absolute Gasteiger partial charge is 0.0173 e. The Morgan fingerprint density at radius 1 is 0.310 bits per heavy atom. The van der Waals surface area contributed by atoms with Crippen molar-refractivity contribution in [3.05, 3.63) is 68.9 Å². The van der Waals surface area contributed by atoms with E-state index in [1.807, 2.05) is 0 Å². The highest BCUT2D eigenvalue weighted by Crippen LogP contribution is 2.28. The van der Waals surface area contributed by atoms with Crippen LogP contribution in [-0.4, -0.2) is 0 Å². The van der Waals surface area contributed by atoms with Crippen molar-refractivity contribution >= 4 is 0 Å². The van der Waals surface area contributed by atoms with Crippen molar-refractivity contribution in [3.63, 3.8) is 0 Å². The molecule has 0 fully saturated rings. The molecule has 0 atom stereocenters. The predicted octanol–water partition coefficient (Wildman–Crippen LogP) is 27.3. The molecular weight excluding hydrogens is 853 g/mol. The van der Waals surface area contributed by atoms with Crippen LogP contribution in [0.15, 0.2) is 68.9 Å². The van der Waals surface area contributed by atoms with Crippen molar-refractivity contribution in [1.82, 2.24) is 0 Å². The highest BCUT2D eigenvalue weighted by Gasteiger charge is 2.15. The highest BCUT2D eigenvalue weighted by atomic mass is 14.2. The third-order valence-electron chi connectivity index (χ3n) is 12.3. The zero-order valence-electron chi connectivity index (χ0n) is 59.1. The zero-order chi connectivity index (χ0) is 60.2. The first-order valence-corrected chi connectivity index (χ1v) is 28.6. The monoisotopic (exact) mass is 1000 g/mol. The second-order valence-corrected chi connectivity index (χ2v) is 30.9. The molecule has 0 aromatic heterocycles. The van der Waals surface area contributed by atoms with Crippen LogP contribution in [0.5, 0.6) is 0 Å². The molecule has 0 rings (SSSR count). The number of rotatable bonds is 4. The van der Waals surface area contributed by atoms with Crippen LogP contribution in [0.2, 0.25) is 0 Å². The van der Waals surface area contributed by atoms with Crippen LogP contribution in [0.25, 0.3) is 0 Å². The Kier molecular flexibility index (Phi) is 52.2. The maximum absolute atomic E-state index is 2.30. The van der Waals surface area contributed by atoms with Gasteiger partial charge in [0.15, 0.2) is 0 Å². The van der Waals surface area contributed by atoms with Crippen molar-refractivity contribution in [2.75, 3.05) is 0 Å². The predicted molar refractivity (Wildman–Crippen MR) is 346 cm³/mol. The van der Waals surface area contributed by atoms with Crippen molar-refractivity contribution in [3.8, 4) is 0 Å². The summed E-state index contributed by atoms with van der Waals surface area (Å²) in [5, 5.41) is 0. The van der Waals surface area contributed by atoms with Gasteiger partial charge in [0.25, 0.3) is 0 Å². The van der Waals surface area contributed by atoms with Crippen molar-refractivity contribution < 1.29 is 0 Å². The molecule has 0 aromatic rings. The first kappa shape index (κ1) is 89.0. The lowest BCUT2D eigenvalue weighted by molar-refractivity contribution is 0.338. The van der Waals surface area contributed by atoms with Crippen LogP contribution in [0.1, 0.15) is 343 Å². The average molecular weight is 1000 g/mol. The summed E-state index contributed by atoms with van der Waals surface area (Å²) in [5.41, 5.74) is 15.5. The minimum atomic E-state index is 0.360. The molecule has 0 aromatic carbocycles. The molecule has 0 N–H and O–H groups in total. The van der Waals surface area contributed by atoms with E-state index < -0.39 is 0 Å². The van der Waals surface area contributed by atoms with Crippen LogP contribution in [0, 0.1) is 48.7 Å². The van der Waals surface area contributed by atoms with Gasteiger partial charge in [0.05, 0.1) is 0 Å². The summed E-state index contributed by atoms with van der Waals surface area (Å²) in [4.78, 5) is 0. The van der Waals surface area contributed by atoms with Crippen LogP contribution in [-0.2, 0) is 0 Å². The van der Waals surface area contributed by atoms with E-state index >= 15 is 0 Å². The molecule has 0 bridgehead atoms. The van der Waals surface area contributed by atoms with Crippen molar-refractivity contribution in [2.45, 2.75) is 343 Å². The fourth-order valence-corrected chi connectivity index (χ4v) is 5.85. The van der Waals surface area contributed by atoms with Gasteiger partial charge in [-0.1, -0.05) is 302 Å². The van der Waals surface area contributed by atoms with Crippen LogP contribution in [0.4, 0.5) is 0 Å². The van der Waals surface area contributed by atoms with Crippen LogP contribution < -0.4 is 0 Å². The van der Waals surface area contributed by atoms with Gasteiger partial charge in [0, 0.05) is 0 Å². The van der Waals surface area contributed by atoms with Gasteiger partial charge in [-0.25, -0.2) is 0 Å². The second kappa shape index (κ2) is 41.7. The Hall–Kier alpha value is -1.56. The molecule has 0 aliphatic carbocycles. The van der Waals surface area contributed by atoms with Gasteiger partial charge in [-0.2, -0.15) is 0 Å². The summed E-state index contributed by atoms with van der Waals surface area (Å²) in [7, 11) is 0. The summed E-state index contributed by atoms with van der Waals surface area (Å²) >= 11 is 0. The molecule has 0 heterocycles. The normalized spacial score (nSPS) is 12.2. The van der Waals surface area contributed by atoms with Crippen LogP contribution >= 0.6 is 0 Å². The van der Waals surface area contributed by atoms with Gasteiger partial charge < -0.3 is 0 Å². The van der Waals surface area contributed by atoms with Gasteiger partial charge in [-0.05, 0) is 159 Å². The maximum Gasteiger partial charge on any atom is -0.0173 e. The standard InChI is InChI=1S/2C9H18.4C8H16.3C7H16/c2*1-7(2)8(3)9(4,5)6;2*1-7(2)6-8(3,4)5;2*1-6-7(2)8(3,4)5;2*1-5-6-7(2,3)4;1-5-7(3,4)6-2/h2*1-6H3;4*6H,1-5H3;3*5-6H2,1-4H3/b;;;;2*7-6-;;;. The molecule has 0 aliphatic heterocycles. The number of hydrogen-bond acceptors (Lipinski definition) is 0. The Morgan fingerprint density at radius 3 is 0.507 bits per heavy atom. The molecule has 0 amide bonds. The number of hydrogen-bond donors (Lipinski definition) is 0. The average Bonchev–Trinajstić information content (AvgIpc) is 3.11. The third kappa shape index (κ3) is 88.5. The highest BCUT2D eigenvalue weighted by molar-refractivity contribution is 5.14. The second-order valence-electron chi connectivity index (χ2n) is 30.9. The summed E-state index contributed by atoms with van der Waals surface area (Å²) in [6, 6.07) is 0. The minimum Gasteiger partial charge on any atom is -0.0882 e. The van der Waals surface area contributed by atoms with E-state index in [4.69, 9.17) is 0 Å². The van der Waals surface area contributed by atoms with E-state index in [2.05, 4.69) is 329 Å². The summed E-state index contributed by atoms with van der Waals surface area (Å²) < 4.78 is 0. The molecule has 0 nitrogen and oxygen atoms in total. The summed E-state index contributed by atoms with van der Waals surface area (Å²) in [6.45, 7) is 97.3. The maximum atomic E-state index is 2.30. The van der Waals surface area contributed by atoms with Gasteiger partial charge in [0.1, 0.15) is 0 Å². The van der Waals surface area contributed by atoms with Crippen LogP contribution in [0.3, 0.4) is 0 Å². The Morgan fingerprint density at radius 2 is 0.507 bits per heavy atom. The Labute approximate surface area is 458 Å². The molecule has 0 saturated carbocycles. The topological polar surface area (TPSA) is 0 Å². The fraction of sp³-hybridized carbons (Fsp3) is 0.831. The Balaban J connectivity index is -0.0000000871. The van der Waals surface area contributed by atoms with Gasteiger partial charge in [-0.15, -0.1) is 0 Å². The largest absolute Gasteiger partial charge is 0.0882 e. The quantitative estimate of drug-likeness (QED) is 0.246. The number of allylic oxidation sites excluding steroid dienone is 12. The lowest BCUT2D eigenvalue weighted by atomic mass is 9.85. The lowest BCUT2D eigenvalue weighted by Crippen LogP contribution is -2.07. The van der Waals surface area contributed by atoms with E-state index in [9.17, 15) is 0 Å². The van der Waals surface area contributed by atoms with Crippen molar-refractivity contribution in [1.29, 1.82) is 0 Å². The van der Waals surface area contributed by atoms with Gasteiger partial charge in [-0.3, -0.25) is 0 Å². The van der Waals surface area contributed by atoms with E-state index in [0.29, 0.717) is 48.7 Å². The van der Waals surface area contributed by atoms with Gasteiger partial charge >= 0.3 is 0 Å². The fourth-order valence-electron chi connectivity index (χ4n) is 5.85. The van der Waals surface area contributed by atoms with E-state index in [-0.39, 0.29) is 0 Å². The minimum absolute atomic E-state index is 0.360.